The van der Waals surface area contributed by atoms with Crippen LogP contribution in [0.3, 0.4) is 0 Å². The molecule has 1 saturated carbocycles. The zero-order valence-electron chi connectivity index (χ0n) is 16.6. The lowest BCUT2D eigenvalue weighted by Crippen LogP contribution is -2.48. The molecule has 0 spiro atoms. The molecule has 1 unspecified atom stereocenters. The maximum absolute atomic E-state index is 14.4. The fraction of sp³-hybridized carbons (Fsp3) is 0.273. The van der Waals surface area contributed by atoms with E-state index < -0.39 is 17.8 Å². The zero-order chi connectivity index (χ0) is 21.7. The molecule has 0 radical (unpaired) electrons. The van der Waals surface area contributed by atoms with E-state index in [1.54, 1.807) is 25.4 Å². The Morgan fingerprint density at radius 1 is 1.23 bits per heavy atom. The maximum Gasteiger partial charge on any atom is 0.275 e. The molecule has 2 aromatic heterocycles. The van der Waals surface area contributed by atoms with Crippen molar-refractivity contribution >= 4 is 17.6 Å². The van der Waals surface area contributed by atoms with Crippen LogP contribution in [0, 0.1) is 17.6 Å². The van der Waals surface area contributed by atoms with E-state index in [0.717, 1.165) is 18.2 Å². The summed E-state index contributed by atoms with van der Waals surface area (Å²) in [6, 6.07) is 8.72. The molecule has 7 nitrogen and oxygen atoms in total. The summed E-state index contributed by atoms with van der Waals surface area (Å²) in [5, 5.41) is 6.72. The number of hydrogen-bond donors (Lipinski definition) is 1. The molecule has 1 fully saturated rings. The average molecular weight is 423 g/mol. The summed E-state index contributed by atoms with van der Waals surface area (Å²) >= 11 is 0. The maximum atomic E-state index is 14.4. The number of aromatic nitrogens is 3. The van der Waals surface area contributed by atoms with Crippen molar-refractivity contribution in [2.45, 2.75) is 24.9 Å². The van der Waals surface area contributed by atoms with Crippen LogP contribution >= 0.6 is 0 Å². The van der Waals surface area contributed by atoms with Crippen molar-refractivity contribution < 1.29 is 18.4 Å². The predicted octanol–water partition coefficient (Wildman–Crippen LogP) is 2.48. The van der Waals surface area contributed by atoms with E-state index in [2.05, 4.69) is 15.4 Å². The van der Waals surface area contributed by atoms with E-state index in [1.807, 2.05) is 12.1 Å². The Bertz CT molecular complexity index is 1180. The van der Waals surface area contributed by atoms with Crippen LogP contribution in [0.4, 0.5) is 14.6 Å². The van der Waals surface area contributed by atoms with Gasteiger partial charge < -0.3 is 5.32 Å². The van der Waals surface area contributed by atoms with Crippen molar-refractivity contribution in [1.82, 2.24) is 20.1 Å². The van der Waals surface area contributed by atoms with E-state index in [0.29, 0.717) is 11.4 Å². The van der Waals surface area contributed by atoms with Crippen molar-refractivity contribution in [1.29, 1.82) is 0 Å². The van der Waals surface area contributed by atoms with Crippen LogP contribution in [0.15, 0.2) is 48.8 Å². The molecule has 3 atom stereocenters. The van der Waals surface area contributed by atoms with Gasteiger partial charge in [-0.15, -0.1) is 0 Å². The predicted molar refractivity (Wildman–Crippen MR) is 107 cm³/mol. The second-order valence-electron chi connectivity index (χ2n) is 7.92. The van der Waals surface area contributed by atoms with Gasteiger partial charge in [0.05, 0.1) is 12.7 Å². The number of carbonyl (C=O) groups is 2. The van der Waals surface area contributed by atoms with E-state index >= 15 is 0 Å². The molecule has 0 saturated heterocycles. The third-order valence-corrected chi connectivity index (χ3v) is 5.88. The number of carbonyl (C=O) groups excluding carboxylic acids is 2. The minimum Gasteiger partial charge on any atom is -0.338 e. The van der Waals surface area contributed by atoms with Gasteiger partial charge in [0, 0.05) is 13.2 Å². The summed E-state index contributed by atoms with van der Waals surface area (Å²) in [7, 11) is 1.62. The summed E-state index contributed by atoms with van der Waals surface area (Å²) in [4.78, 5) is 31.5. The third-order valence-electron chi connectivity index (χ3n) is 5.88. The molecule has 1 aromatic carbocycles. The Morgan fingerprint density at radius 3 is 2.77 bits per heavy atom. The number of fused-ring (bicyclic) bond motifs is 3. The first-order chi connectivity index (χ1) is 14.9. The van der Waals surface area contributed by atoms with Crippen molar-refractivity contribution in [2.24, 2.45) is 5.92 Å². The third kappa shape index (κ3) is 3.45. The Kier molecular flexibility index (Phi) is 4.53. The van der Waals surface area contributed by atoms with Gasteiger partial charge in [-0.1, -0.05) is 18.2 Å². The summed E-state index contributed by atoms with van der Waals surface area (Å²) in [6.07, 6.45) is 3.49. The number of anilines is 1. The van der Waals surface area contributed by atoms with Crippen LogP contribution < -0.4 is 10.2 Å². The zero-order valence-corrected chi connectivity index (χ0v) is 16.6. The van der Waals surface area contributed by atoms with Gasteiger partial charge in [0.1, 0.15) is 17.7 Å². The number of pyridine rings is 1. The quantitative estimate of drug-likeness (QED) is 0.699. The van der Waals surface area contributed by atoms with Crippen LogP contribution in [0.25, 0.3) is 0 Å². The minimum absolute atomic E-state index is 0.0614. The molecular weight excluding hydrogens is 404 g/mol. The summed E-state index contributed by atoms with van der Waals surface area (Å²) in [6.45, 7) is 0.182. The van der Waals surface area contributed by atoms with E-state index in [-0.39, 0.29) is 35.8 Å². The molecule has 3 aromatic rings. The standard InChI is InChI=1S/C22H19F2N5O2/c1-28-20-14(3-2-8-25-20)15-9-16(15)18(22(28)31)26-21(30)19-17(24)11-29(27-19)10-12-4-6-13(23)7-5-12/h2-8,11,15-16,18H,9-10H2,1H3,(H,26,30)/t15?,16-,18-/m1/s1. The smallest absolute Gasteiger partial charge is 0.275 e. The number of amides is 2. The van der Waals surface area contributed by atoms with Crippen LogP contribution in [0.2, 0.25) is 0 Å². The number of halogens is 2. The van der Waals surface area contributed by atoms with Crippen LogP contribution in [-0.4, -0.2) is 39.7 Å². The molecule has 1 N–H and O–H groups in total. The number of nitrogens with zero attached hydrogens (tertiary/aromatic N) is 4. The molecular formula is C22H19F2N5O2. The first-order valence-electron chi connectivity index (χ1n) is 9.93. The Labute approximate surface area is 176 Å². The Hall–Kier alpha value is -3.62. The van der Waals surface area contributed by atoms with E-state index in [1.165, 1.54) is 21.7 Å². The van der Waals surface area contributed by atoms with Crippen molar-refractivity contribution in [3.05, 3.63) is 77.2 Å². The molecule has 0 bridgehead atoms. The molecule has 158 valence electrons. The number of nitrogens with one attached hydrogen (secondary N) is 1. The van der Waals surface area contributed by atoms with Crippen molar-refractivity contribution in [3.8, 4) is 0 Å². The highest BCUT2D eigenvalue weighted by Crippen LogP contribution is 2.53. The molecule has 1 aliphatic carbocycles. The van der Waals surface area contributed by atoms with Gasteiger partial charge in [-0.05, 0) is 47.6 Å². The summed E-state index contributed by atoms with van der Waals surface area (Å²) in [5.41, 5.74) is 1.31. The van der Waals surface area contributed by atoms with Gasteiger partial charge in [-0.25, -0.2) is 13.8 Å². The second kappa shape index (κ2) is 7.26. The fourth-order valence-electron chi connectivity index (χ4n) is 4.20. The molecule has 3 heterocycles. The first-order valence-corrected chi connectivity index (χ1v) is 9.93. The highest BCUT2D eigenvalue weighted by Gasteiger charge is 2.52. The van der Waals surface area contributed by atoms with Crippen LogP contribution in [0.1, 0.15) is 34.0 Å². The van der Waals surface area contributed by atoms with Gasteiger partial charge in [-0.3, -0.25) is 19.2 Å². The van der Waals surface area contributed by atoms with E-state index in [9.17, 15) is 18.4 Å². The van der Waals surface area contributed by atoms with Gasteiger partial charge in [0.25, 0.3) is 11.8 Å². The highest BCUT2D eigenvalue weighted by molar-refractivity contribution is 6.02. The monoisotopic (exact) mass is 423 g/mol. The number of benzene rings is 1. The highest BCUT2D eigenvalue weighted by atomic mass is 19.1. The fourth-order valence-corrected chi connectivity index (χ4v) is 4.20. The SMILES string of the molecule is CN1C(=O)[C@H](NC(=O)c2nn(Cc3ccc(F)cc3)cc2F)[C@@H]2CC2c2cccnc21. The number of likely N-dealkylation sites (N-methyl/N-ethyl adjacent to an activating group) is 1. The minimum atomic E-state index is -0.786. The average Bonchev–Trinajstić information content (AvgIpc) is 3.48. The first kappa shape index (κ1) is 19.3. The van der Waals surface area contributed by atoms with Gasteiger partial charge >= 0.3 is 0 Å². The van der Waals surface area contributed by atoms with Crippen molar-refractivity contribution in [2.75, 3.05) is 11.9 Å². The lowest BCUT2D eigenvalue weighted by Gasteiger charge is -2.22. The van der Waals surface area contributed by atoms with E-state index in [4.69, 9.17) is 0 Å². The number of rotatable bonds is 4. The lowest BCUT2D eigenvalue weighted by molar-refractivity contribution is -0.120. The largest absolute Gasteiger partial charge is 0.338 e. The topological polar surface area (TPSA) is 80.1 Å². The van der Waals surface area contributed by atoms with Crippen LogP contribution in [0.5, 0.6) is 0 Å². The molecule has 31 heavy (non-hydrogen) atoms. The molecule has 1 aliphatic heterocycles. The Balaban J connectivity index is 1.34. The lowest BCUT2D eigenvalue weighted by atomic mass is 10.1. The molecule has 5 rings (SSSR count). The van der Waals surface area contributed by atoms with Crippen molar-refractivity contribution in [3.63, 3.8) is 0 Å². The summed E-state index contributed by atoms with van der Waals surface area (Å²) < 4.78 is 28.8. The summed E-state index contributed by atoms with van der Waals surface area (Å²) in [5.74, 6) is -1.53. The molecule has 9 heteroatoms. The van der Waals surface area contributed by atoms with Gasteiger partial charge in [-0.2, -0.15) is 5.10 Å². The Morgan fingerprint density at radius 2 is 2.00 bits per heavy atom. The second-order valence-corrected chi connectivity index (χ2v) is 7.92. The van der Waals surface area contributed by atoms with Gasteiger partial charge in [0.2, 0.25) is 0 Å². The molecule has 2 aliphatic rings. The van der Waals surface area contributed by atoms with Crippen LogP contribution in [-0.2, 0) is 11.3 Å². The molecule has 2 amide bonds. The normalized spacial score (nSPS) is 21.8. The van der Waals surface area contributed by atoms with Gasteiger partial charge in [0.15, 0.2) is 11.5 Å². The number of hydrogen-bond acceptors (Lipinski definition) is 4.